The van der Waals surface area contributed by atoms with Crippen LogP contribution in [0, 0.1) is 0 Å². The van der Waals surface area contributed by atoms with Crippen LogP contribution >= 0.6 is 0 Å². The van der Waals surface area contributed by atoms with Crippen LogP contribution in [0.5, 0.6) is 0 Å². The fourth-order valence-electron chi connectivity index (χ4n) is 5.31. The molecule has 1 nitrogen and oxygen atoms in total. The Kier molecular flexibility index (Phi) is 7.72. The fraction of sp³-hybridized carbons (Fsp3) is 1.00. The molecule has 0 aliphatic heterocycles. The zero-order valence-electron chi connectivity index (χ0n) is 13.3. The Morgan fingerprint density at radius 3 is 0.900 bits per heavy atom. The molecule has 0 heterocycles. The molecule has 0 aromatic rings. The first-order valence-electron chi connectivity index (χ1n) is 9.32. The molecule has 0 bridgehead atoms. The van der Waals surface area contributed by atoms with Crippen LogP contribution in [-0.2, 0) is 0 Å². The summed E-state index contributed by atoms with van der Waals surface area (Å²) in [6, 6.07) is 0. The van der Waals surface area contributed by atoms with Gasteiger partial charge in [0.25, 0.3) is 0 Å². The van der Waals surface area contributed by atoms with Crippen molar-refractivity contribution >= 4 is 19.8 Å². The van der Waals surface area contributed by atoms with Crippen LogP contribution in [0.25, 0.3) is 0 Å². The first kappa shape index (κ1) is 17.1. The van der Waals surface area contributed by atoms with Crippen LogP contribution in [0.15, 0.2) is 0 Å². The van der Waals surface area contributed by atoms with E-state index < -0.39 is 19.8 Å². The summed E-state index contributed by atoms with van der Waals surface area (Å²) >= 11 is -1.15. The van der Waals surface area contributed by atoms with Gasteiger partial charge in [0, 0.05) is 0 Å². The van der Waals surface area contributed by atoms with Gasteiger partial charge in [-0.1, -0.05) is 0 Å². The third kappa shape index (κ3) is 4.38. The molecule has 3 saturated carbocycles. The van der Waals surface area contributed by atoms with E-state index in [9.17, 15) is 0 Å². The van der Waals surface area contributed by atoms with Crippen LogP contribution in [-0.4, -0.2) is 25.2 Å². The Labute approximate surface area is 133 Å². The third-order valence-corrected chi connectivity index (χ3v) is 19.2. The normalized spacial score (nSPS) is 27.4. The van der Waals surface area contributed by atoms with Crippen LogP contribution in [0.1, 0.15) is 96.3 Å². The van der Waals surface area contributed by atoms with Gasteiger partial charge in [-0.2, -0.15) is 0 Å². The van der Waals surface area contributed by atoms with Crippen LogP contribution in [0.3, 0.4) is 0 Å². The Hall–Kier alpha value is 0.759. The molecule has 3 rings (SSSR count). The summed E-state index contributed by atoms with van der Waals surface area (Å²) in [7, 11) is 0. The van der Waals surface area contributed by atoms with Gasteiger partial charge in [-0.3, -0.25) is 0 Å². The predicted molar refractivity (Wildman–Crippen MR) is 89.9 cm³/mol. The second-order valence-electron chi connectivity index (χ2n) is 7.50. The van der Waals surface area contributed by atoms with Crippen molar-refractivity contribution in [3.8, 4) is 0 Å². The first-order chi connectivity index (χ1) is 9.45. The summed E-state index contributed by atoms with van der Waals surface area (Å²) in [5.41, 5.74) is 0. The minimum Gasteiger partial charge on any atom is -0.412 e. The van der Waals surface area contributed by atoms with Crippen molar-refractivity contribution in [2.45, 2.75) is 108 Å². The van der Waals surface area contributed by atoms with Gasteiger partial charge in [0.2, 0.25) is 0 Å². The molecular formula is C18H35OSn. The predicted octanol–water partition coefficient (Wildman–Crippen LogP) is 5.66. The summed E-state index contributed by atoms with van der Waals surface area (Å²) in [4.78, 5) is 0. The van der Waals surface area contributed by atoms with Gasteiger partial charge in [-0.25, -0.2) is 0 Å². The smallest absolute Gasteiger partial charge is 0.412 e. The summed E-state index contributed by atoms with van der Waals surface area (Å²) in [5, 5.41) is 0. The molecule has 1 radical (unpaired) electrons. The van der Waals surface area contributed by atoms with E-state index in [4.69, 9.17) is 0 Å². The zero-order chi connectivity index (χ0) is 12.9. The second-order valence-corrected chi connectivity index (χ2v) is 17.3. The average molecular weight is 386 g/mol. The van der Waals surface area contributed by atoms with Gasteiger partial charge in [0.1, 0.15) is 0 Å². The summed E-state index contributed by atoms with van der Waals surface area (Å²) < 4.78 is 3.96. The quantitative estimate of drug-likeness (QED) is 0.561. The molecular weight excluding hydrogens is 351 g/mol. The standard InChI is InChI=1S/3C6H11.H2O.Sn/c3*1-2-4-6-5-3-1;;/h3*1H,2-6H2;1H2;. The van der Waals surface area contributed by atoms with Crippen molar-refractivity contribution in [1.82, 2.24) is 0 Å². The second kappa shape index (κ2) is 9.02. The van der Waals surface area contributed by atoms with Gasteiger partial charge in [0.05, 0.1) is 0 Å². The number of hydrogen-bond donors (Lipinski definition) is 0. The van der Waals surface area contributed by atoms with Gasteiger partial charge in [0.15, 0.2) is 0 Å². The molecule has 0 spiro atoms. The van der Waals surface area contributed by atoms with Crippen molar-refractivity contribution in [3.05, 3.63) is 0 Å². The van der Waals surface area contributed by atoms with Crippen molar-refractivity contribution < 1.29 is 5.48 Å². The molecule has 0 unspecified atom stereocenters. The molecule has 117 valence electrons. The van der Waals surface area contributed by atoms with E-state index >= 15 is 0 Å². The molecule has 20 heavy (non-hydrogen) atoms. The number of rotatable bonds is 3. The van der Waals surface area contributed by atoms with E-state index in [1.165, 1.54) is 11.8 Å². The first-order valence-corrected chi connectivity index (χ1v) is 14.3. The topological polar surface area (TPSA) is 31.5 Å². The van der Waals surface area contributed by atoms with Crippen LogP contribution in [0.4, 0.5) is 0 Å². The minimum absolute atomic E-state index is 0. The molecule has 0 saturated heterocycles. The molecule has 2 heteroatoms. The molecule has 3 aliphatic rings. The Balaban J connectivity index is 0.00000147. The maximum Gasteiger partial charge on any atom is -0.412 e. The Bertz CT molecular complexity index is 207. The summed E-state index contributed by atoms with van der Waals surface area (Å²) in [6.07, 6.45) is 24.2. The van der Waals surface area contributed by atoms with E-state index in [1.807, 2.05) is 0 Å². The van der Waals surface area contributed by atoms with Crippen LogP contribution in [0.2, 0.25) is 11.8 Å². The van der Waals surface area contributed by atoms with Crippen molar-refractivity contribution in [1.29, 1.82) is 0 Å². The van der Waals surface area contributed by atoms with E-state index in [2.05, 4.69) is 0 Å². The molecule has 0 amide bonds. The maximum absolute atomic E-state index is 1.67. The molecule has 0 aromatic heterocycles. The minimum atomic E-state index is -1.15. The van der Waals surface area contributed by atoms with E-state index in [0.717, 1.165) is 0 Å². The maximum atomic E-state index is 1.67. The largest absolute Gasteiger partial charge is 0.412 e. The SMILES string of the molecule is C1CC[CH]([Sn]([CH]2CCCCC2)[CH]2CCCCC2)CC1.O. The summed E-state index contributed by atoms with van der Waals surface area (Å²) in [6.45, 7) is 0. The van der Waals surface area contributed by atoms with E-state index in [-0.39, 0.29) is 5.48 Å². The average Bonchev–Trinajstić information content (AvgIpc) is 2.51. The van der Waals surface area contributed by atoms with Crippen molar-refractivity contribution in [3.63, 3.8) is 0 Å². The van der Waals surface area contributed by atoms with Crippen molar-refractivity contribution in [2.75, 3.05) is 0 Å². The molecule has 3 fully saturated rings. The zero-order valence-corrected chi connectivity index (χ0v) is 16.2. The van der Waals surface area contributed by atoms with E-state index in [0.29, 0.717) is 0 Å². The molecule has 0 aromatic carbocycles. The van der Waals surface area contributed by atoms with Crippen LogP contribution < -0.4 is 0 Å². The monoisotopic (exact) mass is 387 g/mol. The van der Waals surface area contributed by atoms with Gasteiger partial charge < -0.3 is 5.48 Å². The third-order valence-electron chi connectivity index (χ3n) is 6.23. The van der Waals surface area contributed by atoms with Gasteiger partial charge >= 0.3 is 128 Å². The van der Waals surface area contributed by atoms with Crippen molar-refractivity contribution in [2.24, 2.45) is 0 Å². The Morgan fingerprint density at radius 2 is 0.650 bits per heavy atom. The number of hydrogen-bond acceptors (Lipinski definition) is 0. The molecule has 0 atom stereocenters. The Morgan fingerprint density at radius 1 is 0.400 bits per heavy atom. The summed E-state index contributed by atoms with van der Waals surface area (Å²) in [5.74, 6) is 0. The van der Waals surface area contributed by atoms with Gasteiger partial charge in [-0.15, -0.1) is 0 Å². The van der Waals surface area contributed by atoms with Gasteiger partial charge in [-0.05, 0) is 0 Å². The van der Waals surface area contributed by atoms with E-state index in [1.54, 1.807) is 96.3 Å². The molecule has 3 aliphatic carbocycles. The fourth-order valence-corrected chi connectivity index (χ4v) is 20.2. The molecule has 2 N–H and O–H groups in total.